The Labute approximate surface area is 174 Å². The summed E-state index contributed by atoms with van der Waals surface area (Å²) in [5.74, 6) is -1.17. The molecule has 8 heteroatoms. The second-order valence-corrected chi connectivity index (χ2v) is 8.14. The summed E-state index contributed by atoms with van der Waals surface area (Å²) in [4.78, 5) is 24.9. The number of amides is 1. The van der Waals surface area contributed by atoms with Crippen molar-refractivity contribution in [2.24, 2.45) is 0 Å². The van der Waals surface area contributed by atoms with Gasteiger partial charge in [0.25, 0.3) is 15.9 Å². The Balaban J connectivity index is 1.90. The van der Waals surface area contributed by atoms with Crippen molar-refractivity contribution in [1.29, 1.82) is 0 Å². The molecule has 3 rings (SSSR count). The van der Waals surface area contributed by atoms with Gasteiger partial charge in [-0.05, 0) is 43.3 Å². The molecule has 0 heterocycles. The van der Waals surface area contributed by atoms with Crippen molar-refractivity contribution in [3.8, 4) is 0 Å². The lowest BCUT2D eigenvalue weighted by Crippen LogP contribution is -2.19. The smallest absolute Gasteiger partial charge is 0.339 e. The molecule has 7 nitrogen and oxygen atoms in total. The summed E-state index contributed by atoms with van der Waals surface area (Å²) in [7, 11) is -2.64. The molecule has 0 aliphatic rings. The molecule has 1 amide bonds. The zero-order valence-electron chi connectivity index (χ0n) is 16.4. The maximum Gasteiger partial charge on any atom is 0.339 e. The third-order valence-corrected chi connectivity index (χ3v) is 5.71. The average molecular weight is 424 g/mol. The Hall–Kier alpha value is -3.65. The van der Waals surface area contributed by atoms with Crippen molar-refractivity contribution in [2.75, 3.05) is 17.1 Å². The van der Waals surface area contributed by atoms with Crippen LogP contribution >= 0.6 is 0 Å². The quantitative estimate of drug-likeness (QED) is 0.586. The van der Waals surface area contributed by atoms with E-state index < -0.39 is 21.9 Å². The minimum atomic E-state index is -3.89. The van der Waals surface area contributed by atoms with Gasteiger partial charge in [0.1, 0.15) is 0 Å². The summed E-state index contributed by atoms with van der Waals surface area (Å²) in [6, 6.07) is 19.0. The summed E-state index contributed by atoms with van der Waals surface area (Å²) >= 11 is 0. The van der Waals surface area contributed by atoms with Gasteiger partial charge >= 0.3 is 5.97 Å². The minimum Gasteiger partial charge on any atom is -0.465 e. The number of methoxy groups -OCH3 is 1. The fourth-order valence-corrected chi connectivity index (χ4v) is 3.84. The lowest BCUT2D eigenvalue weighted by atomic mass is 10.1. The number of carbonyl (C=O) groups is 2. The van der Waals surface area contributed by atoms with Crippen LogP contribution in [0, 0.1) is 6.92 Å². The number of hydrogen-bond donors (Lipinski definition) is 2. The van der Waals surface area contributed by atoms with Crippen LogP contribution in [0.2, 0.25) is 0 Å². The van der Waals surface area contributed by atoms with E-state index in [1.807, 2.05) is 6.92 Å². The van der Waals surface area contributed by atoms with E-state index in [0.717, 1.165) is 5.56 Å². The van der Waals surface area contributed by atoms with Gasteiger partial charge in [0.2, 0.25) is 0 Å². The lowest BCUT2D eigenvalue weighted by molar-refractivity contribution is 0.0602. The van der Waals surface area contributed by atoms with E-state index in [2.05, 4.69) is 10.0 Å². The van der Waals surface area contributed by atoms with Gasteiger partial charge in [-0.1, -0.05) is 42.0 Å². The first-order chi connectivity index (χ1) is 14.3. The lowest BCUT2D eigenvalue weighted by Gasteiger charge is -2.14. The first kappa shape index (κ1) is 21.1. The standard InChI is InChI=1S/C22H20N2O5S/c1-15-11-13-16(14-12-15)30(27,28)24-20-10-6-3-7-17(20)21(25)23-19-9-5-4-8-18(19)22(26)29-2/h3-14,24H,1-2H3,(H,23,25). The van der Waals surface area contributed by atoms with Crippen molar-refractivity contribution in [3.05, 3.63) is 89.5 Å². The van der Waals surface area contributed by atoms with E-state index in [1.165, 1.54) is 37.4 Å². The SMILES string of the molecule is COC(=O)c1ccccc1NC(=O)c1ccccc1NS(=O)(=O)c1ccc(C)cc1. The first-order valence-electron chi connectivity index (χ1n) is 8.99. The van der Waals surface area contributed by atoms with Crippen LogP contribution in [0.4, 0.5) is 11.4 Å². The molecule has 0 radical (unpaired) electrons. The minimum absolute atomic E-state index is 0.0827. The molecule has 0 aliphatic carbocycles. The number of anilines is 2. The first-order valence-corrected chi connectivity index (χ1v) is 10.5. The maximum absolute atomic E-state index is 12.9. The number of esters is 1. The van der Waals surface area contributed by atoms with Crippen LogP contribution in [0.15, 0.2) is 77.7 Å². The predicted molar refractivity (Wildman–Crippen MR) is 114 cm³/mol. The normalized spacial score (nSPS) is 10.9. The highest BCUT2D eigenvalue weighted by atomic mass is 32.2. The number of rotatable bonds is 6. The zero-order valence-corrected chi connectivity index (χ0v) is 17.2. The number of para-hydroxylation sites is 2. The molecule has 0 spiro atoms. The molecule has 3 aromatic rings. The third kappa shape index (κ3) is 4.66. The van der Waals surface area contributed by atoms with E-state index in [1.54, 1.807) is 42.5 Å². The largest absolute Gasteiger partial charge is 0.465 e. The number of ether oxygens (including phenoxy) is 1. The van der Waals surface area contributed by atoms with Crippen LogP contribution in [0.5, 0.6) is 0 Å². The monoisotopic (exact) mass is 424 g/mol. The van der Waals surface area contributed by atoms with Crippen LogP contribution in [0.1, 0.15) is 26.3 Å². The van der Waals surface area contributed by atoms with E-state index in [9.17, 15) is 18.0 Å². The molecule has 0 aliphatic heterocycles. The highest BCUT2D eigenvalue weighted by Gasteiger charge is 2.20. The van der Waals surface area contributed by atoms with Crippen LogP contribution in [-0.4, -0.2) is 27.4 Å². The van der Waals surface area contributed by atoms with E-state index in [4.69, 9.17) is 4.74 Å². The predicted octanol–water partition coefficient (Wildman–Crippen LogP) is 3.83. The molecule has 0 unspecified atom stereocenters. The summed E-state index contributed by atoms with van der Waals surface area (Å²) in [6.07, 6.45) is 0. The molecule has 0 bridgehead atoms. The van der Waals surface area contributed by atoms with Gasteiger partial charge in [-0.3, -0.25) is 9.52 Å². The van der Waals surface area contributed by atoms with Gasteiger partial charge in [-0.2, -0.15) is 0 Å². The fourth-order valence-electron chi connectivity index (χ4n) is 2.76. The molecule has 154 valence electrons. The molecule has 30 heavy (non-hydrogen) atoms. The molecular weight excluding hydrogens is 404 g/mol. The van der Waals surface area contributed by atoms with E-state index >= 15 is 0 Å². The Morgan fingerprint density at radius 2 is 1.37 bits per heavy atom. The Bertz CT molecular complexity index is 1190. The summed E-state index contributed by atoms with van der Waals surface area (Å²) in [5, 5.41) is 2.64. The molecule has 2 N–H and O–H groups in total. The molecule has 3 aromatic carbocycles. The van der Waals surface area contributed by atoms with Crippen molar-refractivity contribution >= 4 is 33.3 Å². The number of hydrogen-bond acceptors (Lipinski definition) is 5. The van der Waals surface area contributed by atoms with Gasteiger partial charge in [0.15, 0.2) is 0 Å². The van der Waals surface area contributed by atoms with Gasteiger partial charge in [-0.25, -0.2) is 13.2 Å². The van der Waals surface area contributed by atoms with Crippen LogP contribution in [0.25, 0.3) is 0 Å². The van der Waals surface area contributed by atoms with Crippen molar-refractivity contribution in [1.82, 2.24) is 0 Å². The van der Waals surface area contributed by atoms with Crippen molar-refractivity contribution < 1.29 is 22.7 Å². The number of carbonyl (C=O) groups excluding carboxylic acids is 2. The van der Waals surface area contributed by atoms with Gasteiger partial charge in [0, 0.05) is 0 Å². The van der Waals surface area contributed by atoms with Gasteiger partial charge in [0.05, 0.1) is 34.5 Å². The van der Waals surface area contributed by atoms with Gasteiger partial charge < -0.3 is 10.1 Å². The molecule has 0 saturated carbocycles. The van der Waals surface area contributed by atoms with Crippen molar-refractivity contribution in [2.45, 2.75) is 11.8 Å². The Morgan fingerprint density at radius 3 is 2.00 bits per heavy atom. The third-order valence-electron chi connectivity index (χ3n) is 4.33. The summed E-state index contributed by atoms with van der Waals surface area (Å²) < 4.78 is 32.6. The highest BCUT2D eigenvalue weighted by molar-refractivity contribution is 7.92. The van der Waals surface area contributed by atoms with Crippen LogP contribution in [0.3, 0.4) is 0 Å². The summed E-state index contributed by atoms with van der Waals surface area (Å²) in [5.41, 5.74) is 1.59. The number of sulfonamides is 1. The second kappa shape index (κ2) is 8.79. The topological polar surface area (TPSA) is 102 Å². The highest BCUT2D eigenvalue weighted by Crippen LogP contribution is 2.23. The second-order valence-electron chi connectivity index (χ2n) is 6.46. The zero-order chi connectivity index (χ0) is 21.7. The summed E-state index contributed by atoms with van der Waals surface area (Å²) in [6.45, 7) is 1.86. The molecule has 0 atom stereocenters. The van der Waals surface area contributed by atoms with E-state index in [0.29, 0.717) is 0 Å². The number of aryl methyl sites for hydroxylation is 1. The van der Waals surface area contributed by atoms with Crippen LogP contribution in [-0.2, 0) is 14.8 Å². The fraction of sp³-hybridized carbons (Fsp3) is 0.0909. The molecular formula is C22H20N2O5S. The maximum atomic E-state index is 12.9. The van der Waals surface area contributed by atoms with E-state index in [-0.39, 0.29) is 27.4 Å². The number of benzene rings is 3. The molecule has 0 fully saturated rings. The average Bonchev–Trinajstić information content (AvgIpc) is 2.74. The van der Waals surface area contributed by atoms with Crippen molar-refractivity contribution in [3.63, 3.8) is 0 Å². The van der Waals surface area contributed by atoms with Gasteiger partial charge in [-0.15, -0.1) is 0 Å². The number of nitrogens with one attached hydrogen (secondary N) is 2. The Kier molecular flexibility index (Phi) is 6.17. The van der Waals surface area contributed by atoms with Crippen LogP contribution < -0.4 is 10.0 Å². The molecule has 0 saturated heterocycles. The Morgan fingerprint density at radius 1 is 0.800 bits per heavy atom. The molecule has 0 aromatic heterocycles.